The second-order valence-electron chi connectivity index (χ2n) is 3.98. The van der Waals surface area contributed by atoms with Gasteiger partial charge < -0.3 is 21.3 Å². The van der Waals surface area contributed by atoms with Crippen molar-refractivity contribution in [3.05, 3.63) is 0 Å². The van der Waals surface area contributed by atoms with E-state index in [-0.39, 0.29) is 12.6 Å². The van der Waals surface area contributed by atoms with Gasteiger partial charge in [-0.3, -0.25) is 9.59 Å². The number of carbonyl (C=O) groups is 2. The molecule has 6 heteroatoms. The van der Waals surface area contributed by atoms with Crippen LogP contribution in [0, 0.1) is 0 Å². The fraction of sp³-hybridized carbons (Fsp3) is 0.833. The second-order valence-corrected chi connectivity index (χ2v) is 3.98. The van der Waals surface area contributed by atoms with E-state index in [2.05, 4.69) is 21.3 Å². The summed E-state index contributed by atoms with van der Waals surface area (Å²) in [6, 6.07) is 0. The third-order valence-electron chi connectivity index (χ3n) is 2.43. The standard InChI is InChI=1S/C10H24N4.C2H2O2/c1-3-11-7-9-13-5-2-6-14-10-8-12-4-1;3-1-2-4/h11-14H,1-10H2;1-2H. The van der Waals surface area contributed by atoms with Crippen molar-refractivity contribution in [1.29, 1.82) is 0 Å². The molecular weight excluding hydrogens is 232 g/mol. The number of rotatable bonds is 1. The van der Waals surface area contributed by atoms with Crippen molar-refractivity contribution in [1.82, 2.24) is 21.3 Å². The predicted molar refractivity (Wildman–Crippen MR) is 72.8 cm³/mol. The monoisotopic (exact) mass is 258 g/mol. The van der Waals surface area contributed by atoms with Crippen LogP contribution in [-0.4, -0.2) is 64.9 Å². The molecule has 0 saturated carbocycles. The third kappa shape index (κ3) is 15.2. The van der Waals surface area contributed by atoms with Crippen molar-refractivity contribution in [3.8, 4) is 0 Å². The lowest BCUT2D eigenvalue weighted by molar-refractivity contribution is -0.122. The molecule has 0 unspecified atom stereocenters. The zero-order valence-electron chi connectivity index (χ0n) is 11.0. The first-order valence-corrected chi connectivity index (χ1v) is 6.63. The normalized spacial score (nSPS) is 19.8. The van der Waals surface area contributed by atoms with Gasteiger partial charge in [0.15, 0.2) is 12.6 Å². The van der Waals surface area contributed by atoms with Crippen LogP contribution in [-0.2, 0) is 9.59 Å². The minimum Gasteiger partial charge on any atom is -0.315 e. The average Bonchev–Trinajstić information content (AvgIpc) is 2.42. The van der Waals surface area contributed by atoms with Gasteiger partial charge in [0, 0.05) is 26.2 Å². The van der Waals surface area contributed by atoms with Crippen molar-refractivity contribution in [2.75, 3.05) is 52.4 Å². The Labute approximate surface area is 109 Å². The molecule has 0 bridgehead atoms. The molecule has 0 radical (unpaired) electrons. The third-order valence-corrected chi connectivity index (χ3v) is 2.43. The molecule has 0 aromatic rings. The number of hydrogen-bond acceptors (Lipinski definition) is 6. The first kappa shape index (κ1) is 17.2. The van der Waals surface area contributed by atoms with Crippen molar-refractivity contribution in [3.63, 3.8) is 0 Å². The minimum absolute atomic E-state index is 0.194. The molecule has 1 heterocycles. The summed E-state index contributed by atoms with van der Waals surface area (Å²) in [6.07, 6.45) is 2.83. The largest absolute Gasteiger partial charge is 0.315 e. The fourth-order valence-electron chi connectivity index (χ4n) is 1.53. The van der Waals surface area contributed by atoms with E-state index in [9.17, 15) is 0 Å². The molecule has 0 atom stereocenters. The summed E-state index contributed by atoms with van der Waals surface area (Å²) in [4.78, 5) is 17.6. The lowest BCUT2D eigenvalue weighted by Crippen LogP contribution is -2.34. The lowest BCUT2D eigenvalue weighted by Gasteiger charge is -2.10. The lowest BCUT2D eigenvalue weighted by atomic mass is 10.3. The molecule has 1 saturated heterocycles. The number of aldehydes is 2. The molecule has 1 rings (SSSR count). The molecule has 0 aromatic heterocycles. The Morgan fingerprint density at radius 3 is 1.00 bits per heavy atom. The van der Waals surface area contributed by atoms with E-state index >= 15 is 0 Å². The molecule has 4 N–H and O–H groups in total. The van der Waals surface area contributed by atoms with Crippen molar-refractivity contribution >= 4 is 12.6 Å². The number of hydrogen-bond donors (Lipinski definition) is 4. The topological polar surface area (TPSA) is 82.3 Å². The highest BCUT2D eigenvalue weighted by atomic mass is 16.2. The molecule has 0 aliphatic carbocycles. The van der Waals surface area contributed by atoms with Crippen LogP contribution < -0.4 is 21.3 Å². The van der Waals surface area contributed by atoms with Gasteiger partial charge in [-0.1, -0.05) is 0 Å². The van der Waals surface area contributed by atoms with E-state index in [1.807, 2.05) is 0 Å². The van der Waals surface area contributed by atoms with Crippen molar-refractivity contribution < 1.29 is 9.59 Å². The molecule has 1 aliphatic heterocycles. The summed E-state index contributed by atoms with van der Waals surface area (Å²) in [5.74, 6) is 0. The second kappa shape index (κ2) is 16.2. The van der Waals surface area contributed by atoms with Gasteiger partial charge in [0.1, 0.15) is 0 Å². The van der Waals surface area contributed by atoms with Gasteiger partial charge in [-0.2, -0.15) is 0 Å². The summed E-state index contributed by atoms with van der Waals surface area (Å²) < 4.78 is 0. The Balaban J connectivity index is 0.000000631. The molecule has 6 nitrogen and oxygen atoms in total. The Morgan fingerprint density at radius 2 is 0.778 bits per heavy atom. The maximum Gasteiger partial charge on any atom is 0.182 e. The van der Waals surface area contributed by atoms with Crippen LogP contribution in [0.4, 0.5) is 0 Å². The molecular formula is C12H26N4O2. The molecule has 0 amide bonds. The van der Waals surface area contributed by atoms with Gasteiger partial charge in [-0.05, 0) is 39.0 Å². The fourth-order valence-corrected chi connectivity index (χ4v) is 1.53. The van der Waals surface area contributed by atoms with Gasteiger partial charge in [0.2, 0.25) is 0 Å². The Morgan fingerprint density at radius 1 is 0.500 bits per heavy atom. The van der Waals surface area contributed by atoms with E-state index in [0.29, 0.717) is 0 Å². The van der Waals surface area contributed by atoms with E-state index in [1.165, 1.54) is 12.8 Å². The zero-order valence-corrected chi connectivity index (χ0v) is 11.0. The highest BCUT2D eigenvalue weighted by Crippen LogP contribution is 1.76. The van der Waals surface area contributed by atoms with Gasteiger partial charge >= 0.3 is 0 Å². The van der Waals surface area contributed by atoms with Crippen LogP contribution in [0.5, 0.6) is 0 Å². The maximum atomic E-state index is 8.81. The molecule has 0 spiro atoms. The van der Waals surface area contributed by atoms with Crippen LogP contribution in [0.25, 0.3) is 0 Å². The van der Waals surface area contributed by atoms with E-state index in [0.717, 1.165) is 52.4 Å². The van der Waals surface area contributed by atoms with E-state index in [1.54, 1.807) is 0 Å². The Kier molecular flexibility index (Phi) is 15.4. The molecule has 18 heavy (non-hydrogen) atoms. The smallest absolute Gasteiger partial charge is 0.182 e. The van der Waals surface area contributed by atoms with Crippen LogP contribution >= 0.6 is 0 Å². The molecule has 1 aliphatic rings. The number of carbonyl (C=O) groups excluding carboxylic acids is 2. The molecule has 106 valence electrons. The maximum absolute atomic E-state index is 8.81. The Bertz CT molecular complexity index is 132. The quantitative estimate of drug-likeness (QED) is 0.339. The first-order valence-electron chi connectivity index (χ1n) is 6.63. The summed E-state index contributed by atoms with van der Waals surface area (Å²) in [6.45, 7) is 8.87. The average molecular weight is 258 g/mol. The zero-order chi connectivity index (χ0) is 13.3. The minimum atomic E-state index is 0.194. The summed E-state index contributed by atoms with van der Waals surface area (Å²) in [7, 11) is 0. The summed E-state index contributed by atoms with van der Waals surface area (Å²) in [5, 5.41) is 13.7. The highest BCUT2D eigenvalue weighted by molar-refractivity contribution is 6.09. The van der Waals surface area contributed by atoms with Crippen molar-refractivity contribution in [2.45, 2.75) is 12.8 Å². The SMILES string of the molecule is C1CNCCNCCCNCCNC1.O=CC=O. The van der Waals surface area contributed by atoms with Crippen LogP contribution in [0.2, 0.25) is 0 Å². The Hall–Kier alpha value is -0.820. The van der Waals surface area contributed by atoms with Gasteiger partial charge in [0.25, 0.3) is 0 Å². The predicted octanol–water partition coefficient (Wildman–Crippen LogP) is -1.48. The van der Waals surface area contributed by atoms with Crippen molar-refractivity contribution in [2.24, 2.45) is 0 Å². The number of nitrogens with one attached hydrogen (secondary N) is 4. The van der Waals surface area contributed by atoms with Crippen LogP contribution in [0.1, 0.15) is 12.8 Å². The van der Waals surface area contributed by atoms with Gasteiger partial charge in [0.05, 0.1) is 0 Å². The summed E-state index contributed by atoms with van der Waals surface area (Å²) in [5.41, 5.74) is 0. The summed E-state index contributed by atoms with van der Waals surface area (Å²) >= 11 is 0. The van der Waals surface area contributed by atoms with E-state index < -0.39 is 0 Å². The van der Waals surface area contributed by atoms with E-state index in [4.69, 9.17) is 9.59 Å². The first-order chi connectivity index (χ1) is 8.91. The van der Waals surface area contributed by atoms with Crippen LogP contribution in [0.15, 0.2) is 0 Å². The van der Waals surface area contributed by atoms with Crippen LogP contribution in [0.3, 0.4) is 0 Å². The van der Waals surface area contributed by atoms with Gasteiger partial charge in [-0.15, -0.1) is 0 Å². The highest BCUT2D eigenvalue weighted by Gasteiger charge is 1.93. The van der Waals surface area contributed by atoms with Gasteiger partial charge in [-0.25, -0.2) is 0 Å². The molecule has 1 fully saturated rings. The molecule has 0 aromatic carbocycles.